The van der Waals surface area contributed by atoms with Crippen LogP contribution in [0.3, 0.4) is 0 Å². The third-order valence-electron chi connectivity index (χ3n) is 5.89. The van der Waals surface area contributed by atoms with Gasteiger partial charge in [0.2, 0.25) is 0 Å². The molecule has 4 rings (SSSR count). The van der Waals surface area contributed by atoms with Gasteiger partial charge in [0.1, 0.15) is 0 Å². The van der Waals surface area contributed by atoms with Crippen LogP contribution in [0.25, 0.3) is 0 Å². The molecule has 2 bridgehead atoms. The zero-order chi connectivity index (χ0) is 10.7. The van der Waals surface area contributed by atoms with Crippen LogP contribution in [0.15, 0.2) is 12.2 Å². The summed E-state index contributed by atoms with van der Waals surface area (Å²) in [7, 11) is 1.95. The highest BCUT2D eigenvalue weighted by atomic mass is 16.4. The Hall–Kier alpha value is -0.235. The van der Waals surface area contributed by atoms with Crippen molar-refractivity contribution < 1.29 is 4.65 Å². The molecule has 3 fully saturated rings. The molecular formula is C14H21BO. The first-order valence-corrected chi connectivity index (χ1v) is 7.11. The first kappa shape index (κ1) is 9.76. The Bertz CT molecular complexity index is 321. The lowest BCUT2D eigenvalue weighted by atomic mass is 9.41. The molecule has 0 aromatic heterocycles. The van der Waals surface area contributed by atoms with Crippen LogP contribution >= 0.6 is 0 Å². The Morgan fingerprint density at radius 3 is 2.69 bits per heavy atom. The summed E-state index contributed by atoms with van der Waals surface area (Å²) in [6, 6.07) is 0. The molecule has 2 saturated carbocycles. The second kappa shape index (κ2) is 3.38. The van der Waals surface area contributed by atoms with Crippen molar-refractivity contribution in [1.29, 1.82) is 0 Å². The fraction of sp³-hybridized carbons (Fsp3) is 0.857. The van der Waals surface area contributed by atoms with Crippen LogP contribution in [0.5, 0.6) is 0 Å². The van der Waals surface area contributed by atoms with Crippen LogP contribution in [0, 0.1) is 23.7 Å². The molecule has 1 saturated heterocycles. The summed E-state index contributed by atoms with van der Waals surface area (Å²) >= 11 is 0. The maximum Gasteiger partial charge on any atom is 0.300 e. The van der Waals surface area contributed by atoms with Crippen molar-refractivity contribution in [2.45, 2.75) is 43.7 Å². The van der Waals surface area contributed by atoms with Gasteiger partial charge < -0.3 is 4.65 Å². The molecule has 5 atom stereocenters. The van der Waals surface area contributed by atoms with Gasteiger partial charge >= 0.3 is 6.92 Å². The first-order chi connectivity index (χ1) is 7.90. The van der Waals surface area contributed by atoms with Gasteiger partial charge in [-0.25, -0.2) is 0 Å². The molecule has 86 valence electrons. The summed E-state index contributed by atoms with van der Waals surface area (Å²) in [5, 5.41) is 0. The predicted molar refractivity (Wildman–Crippen MR) is 66.4 cm³/mol. The van der Waals surface area contributed by atoms with E-state index in [9.17, 15) is 0 Å². The highest BCUT2D eigenvalue weighted by Crippen LogP contribution is 2.69. The Kier molecular flexibility index (Phi) is 2.06. The van der Waals surface area contributed by atoms with Gasteiger partial charge in [0, 0.05) is 7.11 Å². The molecule has 0 spiro atoms. The van der Waals surface area contributed by atoms with E-state index in [1.54, 1.807) is 0 Å². The van der Waals surface area contributed by atoms with E-state index >= 15 is 0 Å². The van der Waals surface area contributed by atoms with Gasteiger partial charge in [0.05, 0.1) is 0 Å². The number of hydrogen-bond donors (Lipinski definition) is 0. The van der Waals surface area contributed by atoms with Gasteiger partial charge in [-0.2, -0.15) is 0 Å². The van der Waals surface area contributed by atoms with Crippen molar-refractivity contribution in [3.63, 3.8) is 0 Å². The van der Waals surface area contributed by atoms with E-state index in [1.165, 1.54) is 32.1 Å². The lowest BCUT2D eigenvalue weighted by Gasteiger charge is -2.37. The van der Waals surface area contributed by atoms with Crippen molar-refractivity contribution in [1.82, 2.24) is 0 Å². The minimum Gasteiger partial charge on any atom is -0.438 e. The summed E-state index contributed by atoms with van der Waals surface area (Å²) in [6.45, 7) is 0.590. The van der Waals surface area contributed by atoms with Crippen molar-refractivity contribution in [2.75, 3.05) is 7.11 Å². The highest BCUT2D eigenvalue weighted by Gasteiger charge is 2.64. The van der Waals surface area contributed by atoms with E-state index in [0.717, 1.165) is 35.3 Å². The molecule has 4 aliphatic rings. The van der Waals surface area contributed by atoms with E-state index in [-0.39, 0.29) is 0 Å². The first-order valence-electron chi connectivity index (χ1n) is 7.11. The van der Waals surface area contributed by atoms with E-state index in [1.807, 2.05) is 7.11 Å². The third-order valence-corrected chi connectivity index (χ3v) is 5.89. The largest absolute Gasteiger partial charge is 0.438 e. The number of fused-ring (bicyclic) bond motifs is 2. The number of rotatable bonds is 2. The van der Waals surface area contributed by atoms with Gasteiger partial charge in [-0.1, -0.05) is 37.8 Å². The van der Waals surface area contributed by atoms with Crippen molar-refractivity contribution in [2.24, 2.45) is 23.7 Å². The molecule has 0 aromatic rings. The van der Waals surface area contributed by atoms with Crippen LogP contribution in [-0.2, 0) is 4.65 Å². The van der Waals surface area contributed by atoms with Gasteiger partial charge in [0.25, 0.3) is 0 Å². The Morgan fingerprint density at radius 1 is 1.12 bits per heavy atom. The molecule has 0 aromatic carbocycles. The molecule has 4 unspecified atom stereocenters. The minimum absolute atomic E-state index is 0.590. The topological polar surface area (TPSA) is 9.23 Å². The van der Waals surface area contributed by atoms with E-state index in [2.05, 4.69) is 12.2 Å². The molecule has 2 heteroatoms. The number of hydrogen-bond acceptors (Lipinski definition) is 1. The quantitative estimate of drug-likeness (QED) is 0.507. The maximum atomic E-state index is 5.91. The van der Waals surface area contributed by atoms with Crippen LogP contribution in [0.2, 0.25) is 11.6 Å². The maximum absolute atomic E-state index is 5.91. The van der Waals surface area contributed by atoms with Crippen LogP contribution in [0.1, 0.15) is 32.1 Å². The summed E-state index contributed by atoms with van der Waals surface area (Å²) in [5.74, 6) is 5.47. The zero-order valence-corrected chi connectivity index (χ0v) is 10.1. The molecule has 1 nitrogen and oxygen atoms in total. The molecule has 0 radical (unpaired) electrons. The van der Waals surface area contributed by atoms with Crippen molar-refractivity contribution in [3.8, 4) is 0 Å². The molecule has 16 heavy (non-hydrogen) atoms. The summed E-state index contributed by atoms with van der Waals surface area (Å²) in [6.07, 6.45) is 12.4. The van der Waals surface area contributed by atoms with Crippen LogP contribution < -0.4 is 0 Å². The van der Waals surface area contributed by atoms with Crippen LogP contribution in [-0.4, -0.2) is 14.0 Å². The number of allylic oxidation sites excluding steroid dienone is 2. The standard InChI is InChI=1S/C14H21BO/c1-16-15-13(9-4-2-3-5-9)10-6-7-11-12(8-10)14(11)15/h6-7,9-14H,2-5,8H2,1H3/t10?,11?,12?,13-,14?/m1/s1. The van der Waals surface area contributed by atoms with Gasteiger partial charge in [-0.3, -0.25) is 0 Å². The highest BCUT2D eigenvalue weighted by molar-refractivity contribution is 6.57. The van der Waals surface area contributed by atoms with Gasteiger partial charge in [-0.05, 0) is 41.7 Å². The molecule has 3 aliphatic carbocycles. The summed E-state index contributed by atoms with van der Waals surface area (Å²) in [5.41, 5.74) is 0. The molecule has 0 N–H and O–H groups in total. The second-order valence-electron chi connectivity index (χ2n) is 6.43. The molecule has 0 amide bonds. The van der Waals surface area contributed by atoms with E-state index in [0.29, 0.717) is 6.92 Å². The normalized spacial score (nSPS) is 49.8. The average Bonchev–Trinajstić information content (AvgIpc) is 2.85. The van der Waals surface area contributed by atoms with Crippen LogP contribution in [0.4, 0.5) is 0 Å². The lowest BCUT2D eigenvalue weighted by Crippen LogP contribution is -2.36. The Labute approximate surface area is 98.7 Å². The molecule has 1 heterocycles. The zero-order valence-electron chi connectivity index (χ0n) is 10.1. The van der Waals surface area contributed by atoms with Gasteiger partial charge in [0.15, 0.2) is 0 Å². The predicted octanol–water partition coefficient (Wildman–Crippen LogP) is 3.39. The smallest absolute Gasteiger partial charge is 0.300 e. The minimum atomic E-state index is 0.590. The monoisotopic (exact) mass is 216 g/mol. The SMILES string of the molecule is COB1C2C3C=CC(CC32)[C@H]1C1CCCC1. The lowest BCUT2D eigenvalue weighted by molar-refractivity contribution is 0.306. The van der Waals surface area contributed by atoms with Crippen molar-refractivity contribution >= 4 is 6.92 Å². The Balaban J connectivity index is 1.65. The molecular weight excluding hydrogens is 195 g/mol. The third kappa shape index (κ3) is 1.17. The fourth-order valence-electron chi connectivity index (χ4n) is 5.20. The van der Waals surface area contributed by atoms with Crippen molar-refractivity contribution in [3.05, 3.63) is 12.2 Å². The summed E-state index contributed by atoms with van der Waals surface area (Å²) in [4.78, 5) is 0. The fourth-order valence-corrected chi connectivity index (χ4v) is 5.20. The summed E-state index contributed by atoms with van der Waals surface area (Å²) < 4.78 is 5.91. The molecule has 1 aliphatic heterocycles. The Morgan fingerprint density at radius 2 is 1.94 bits per heavy atom. The van der Waals surface area contributed by atoms with Gasteiger partial charge in [-0.15, -0.1) is 0 Å². The van der Waals surface area contributed by atoms with E-state index in [4.69, 9.17) is 4.65 Å². The second-order valence-corrected chi connectivity index (χ2v) is 6.43. The van der Waals surface area contributed by atoms with E-state index < -0.39 is 0 Å². The average molecular weight is 216 g/mol.